The number of thioether (sulfide) groups is 1. The second-order valence-corrected chi connectivity index (χ2v) is 4.06. The van der Waals surface area contributed by atoms with Gasteiger partial charge in [0.05, 0.1) is 10.7 Å². The Labute approximate surface area is 77.3 Å². The van der Waals surface area contributed by atoms with Gasteiger partial charge in [-0.15, -0.1) is 11.8 Å². The molecule has 0 aromatic carbocycles. The zero-order valence-electron chi connectivity index (χ0n) is 7.63. The normalized spacial score (nSPS) is 16.2. The van der Waals surface area contributed by atoms with Crippen LogP contribution >= 0.6 is 11.8 Å². The Morgan fingerprint density at radius 3 is 2.83 bits per heavy atom. The summed E-state index contributed by atoms with van der Waals surface area (Å²) < 4.78 is 2.03. The van der Waals surface area contributed by atoms with Crippen molar-refractivity contribution in [3.8, 4) is 0 Å². The minimum Gasteiger partial charge on any atom is -0.262 e. The van der Waals surface area contributed by atoms with Crippen LogP contribution in [-0.2, 0) is 19.9 Å². The van der Waals surface area contributed by atoms with E-state index in [1.54, 1.807) is 0 Å². The lowest BCUT2D eigenvalue weighted by molar-refractivity contribution is 0.663. The maximum Gasteiger partial charge on any atom is 0.0968 e. The van der Waals surface area contributed by atoms with Gasteiger partial charge in [-0.05, 0) is 31.9 Å². The predicted octanol–water partition coefficient (Wildman–Crippen LogP) is 2.02. The summed E-state index contributed by atoms with van der Waals surface area (Å²) in [5.74, 6) is 0. The third-order valence-corrected chi connectivity index (χ3v) is 3.35. The molecular formula is C9H14N2S. The van der Waals surface area contributed by atoms with Crippen LogP contribution < -0.4 is 0 Å². The maximum atomic E-state index is 4.52. The van der Waals surface area contributed by atoms with Crippen molar-refractivity contribution in [2.24, 2.45) is 7.05 Å². The molecule has 1 heterocycles. The summed E-state index contributed by atoms with van der Waals surface area (Å²) >= 11 is 1.82. The highest BCUT2D eigenvalue weighted by molar-refractivity contribution is 7.98. The number of aromatic nitrogens is 2. The van der Waals surface area contributed by atoms with E-state index in [0.717, 1.165) is 0 Å². The molecular weight excluding hydrogens is 168 g/mol. The Bertz CT molecular complexity index is 291. The van der Waals surface area contributed by atoms with Gasteiger partial charge in [0.2, 0.25) is 0 Å². The van der Waals surface area contributed by atoms with Crippen molar-refractivity contribution in [1.29, 1.82) is 0 Å². The number of hydrogen-bond donors (Lipinski definition) is 0. The van der Waals surface area contributed by atoms with E-state index in [9.17, 15) is 0 Å². The fourth-order valence-corrected chi connectivity index (χ4v) is 2.68. The molecule has 0 aliphatic heterocycles. The van der Waals surface area contributed by atoms with Crippen molar-refractivity contribution in [1.82, 2.24) is 9.78 Å². The van der Waals surface area contributed by atoms with Crippen LogP contribution in [0.2, 0.25) is 0 Å². The van der Waals surface area contributed by atoms with Gasteiger partial charge in [0.1, 0.15) is 0 Å². The number of rotatable bonds is 1. The Morgan fingerprint density at radius 1 is 1.33 bits per heavy atom. The van der Waals surface area contributed by atoms with Gasteiger partial charge in [0.25, 0.3) is 0 Å². The molecule has 0 N–H and O–H groups in total. The van der Waals surface area contributed by atoms with Crippen LogP contribution in [0.3, 0.4) is 0 Å². The molecule has 0 spiro atoms. The monoisotopic (exact) mass is 182 g/mol. The van der Waals surface area contributed by atoms with Crippen LogP contribution in [-0.4, -0.2) is 16.0 Å². The predicted molar refractivity (Wildman–Crippen MR) is 51.6 cm³/mol. The summed E-state index contributed by atoms with van der Waals surface area (Å²) in [5.41, 5.74) is 2.85. The van der Waals surface area contributed by atoms with E-state index in [-0.39, 0.29) is 0 Å². The summed E-state index contributed by atoms with van der Waals surface area (Å²) in [4.78, 5) is 0. The Morgan fingerprint density at radius 2 is 2.08 bits per heavy atom. The smallest absolute Gasteiger partial charge is 0.0968 e. The van der Waals surface area contributed by atoms with Crippen LogP contribution in [0.5, 0.6) is 0 Å². The van der Waals surface area contributed by atoms with E-state index in [0.29, 0.717) is 0 Å². The first-order chi connectivity index (χ1) is 5.83. The first kappa shape index (κ1) is 8.17. The first-order valence-corrected chi connectivity index (χ1v) is 5.64. The highest BCUT2D eigenvalue weighted by Crippen LogP contribution is 2.28. The molecule has 0 saturated carbocycles. The molecule has 66 valence electrons. The number of nitrogens with zero attached hydrogens (tertiary/aromatic N) is 2. The second-order valence-electron chi connectivity index (χ2n) is 3.27. The molecule has 0 fully saturated rings. The SMILES string of the molecule is CSc1c2c(nn1C)CCCC2. The van der Waals surface area contributed by atoms with Gasteiger partial charge in [0.15, 0.2) is 0 Å². The van der Waals surface area contributed by atoms with Crippen molar-refractivity contribution in [2.45, 2.75) is 30.7 Å². The average molecular weight is 182 g/mol. The third kappa shape index (κ3) is 1.16. The molecule has 0 atom stereocenters. The van der Waals surface area contributed by atoms with E-state index < -0.39 is 0 Å². The summed E-state index contributed by atoms with van der Waals surface area (Å²) in [5, 5.41) is 5.88. The van der Waals surface area contributed by atoms with Gasteiger partial charge in [-0.3, -0.25) is 4.68 Å². The topological polar surface area (TPSA) is 17.8 Å². The zero-order chi connectivity index (χ0) is 8.55. The average Bonchev–Trinajstić information content (AvgIpc) is 2.40. The van der Waals surface area contributed by atoms with Gasteiger partial charge < -0.3 is 0 Å². The number of fused-ring (bicyclic) bond motifs is 1. The Balaban J connectivity index is 2.46. The fraction of sp³-hybridized carbons (Fsp3) is 0.667. The number of aryl methyl sites for hydroxylation is 2. The van der Waals surface area contributed by atoms with Crippen LogP contribution in [0.25, 0.3) is 0 Å². The van der Waals surface area contributed by atoms with Gasteiger partial charge in [0, 0.05) is 12.6 Å². The van der Waals surface area contributed by atoms with E-state index in [1.165, 1.54) is 42.0 Å². The molecule has 3 heteroatoms. The molecule has 1 aliphatic rings. The van der Waals surface area contributed by atoms with Gasteiger partial charge in [-0.1, -0.05) is 0 Å². The van der Waals surface area contributed by atoms with Crippen molar-refractivity contribution < 1.29 is 0 Å². The Hall–Kier alpha value is -0.440. The van der Waals surface area contributed by atoms with Crippen LogP contribution in [0.15, 0.2) is 5.03 Å². The lowest BCUT2D eigenvalue weighted by Crippen LogP contribution is -2.00. The lowest BCUT2D eigenvalue weighted by atomic mass is 9.99. The minimum absolute atomic E-state index is 1.18. The maximum absolute atomic E-state index is 4.52. The van der Waals surface area contributed by atoms with Crippen LogP contribution in [0, 0.1) is 0 Å². The molecule has 0 bridgehead atoms. The molecule has 1 aromatic rings. The Kier molecular flexibility index (Phi) is 2.13. The first-order valence-electron chi connectivity index (χ1n) is 4.41. The molecule has 2 rings (SSSR count). The van der Waals surface area contributed by atoms with Crippen LogP contribution in [0.1, 0.15) is 24.1 Å². The third-order valence-electron chi connectivity index (χ3n) is 2.45. The molecule has 2 nitrogen and oxygen atoms in total. The number of hydrogen-bond acceptors (Lipinski definition) is 2. The summed E-state index contributed by atoms with van der Waals surface area (Å²) in [7, 11) is 2.05. The molecule has 0 saturated heterocycles. The van der Waals surface area contributed by atoms with E-state index in [1.807, 2.05) is 23.5 Å². The lowest BCUT2D eigenvalue weighted by Gasteiger charge is -2.09. The van der Waals surface area contributed by atoms with Gasteiger partial charge >= 0.3 is 0 Å². The van der Waals surface area contributed by atoms with E-state index >= 15 is 0 Å². The van der Waals surface area contributed by atoms with Crippen molar-refractivity contribution >= 4 is 11.8 Å². The molecule has 1 aromatic heterocycles. The van der Waals surface area contributed by atoms with E-state index in [4.69, 9.17) is 0 Å². The van der Waals surface area contributed by atoms with E-state index in [2.05, 4.69) is 11.4 Å². The molecule has 12 heavy (non-hydrogen) atoms. The standard InChI is InChI=1S/C9H14N2S/c1-11-9(12-2)7-5-3-4-6-8(7)10-11/h3-6H2,1-2H3. The summed E-state index contributed by atoms with van der Waals surface area (Å²) in [6.07, 6.45) is 7.21. The molecule has 0 amide bonds. The van der Waals surface area contributed by atoms with Crippen molar-refractivity contribution in [3.05, 3.63) is 11.3 Å². The molecule has 0 radical (unpaired) electrons. The highest BCUT2D eigenvalue weighted by atomic mass is 32.2. The van der Waals surface area contributed by atoms with Gasteiger partial charge in [-0.2, -0.15) is 5.10 Å². The largest absolute Gasteiger partial charge is 0.262 e. The highest BCUT2D eigenvalue weighted by Gasteiger charge is 2.17. The molecule has 0 unspecified atom stereocenters. The van der Waals surface area contributed by atoms with Crippen molar-refractivity contribution in [3.63, 3.8) is 0 Å². The second kappa shape index (κ2) is 3.13. The quantitative estimate of drug-likeness (QED) is 0.618. The van der Waals surface area contributed by atoms with Crippen LogP contribution in [0.4, 0.5) is 0 Å². The summed E-state index contributed by atoms with van der Waals surface area (Å²) in [6.45, 7) is 0. The molecule has 1 aliphatic carbocycles. The zero-order valence-corrected chi connectivity index (χ0v) is 8.45. The van der Waals surface area contributed by atoms with Gasteiger partial charge in [-0.25, -0.2) is 0 Å². The van der Waals surface area contributed by atoms with Crippen molar-refractivity contribution in [2.75, 3.05) is 6.26 Å². The minimum atomic E-state index is 1.18. The summed E-state index contributed by atoms with van der Waals surface area (Å²) in [6, 6.07) is 0. The fourth-order valence-electron chi connectivity index (χ4n) is 1.91.